The molecule has 2 amide bonds. The summed E-state index contributed by atoms with van der Waals surface area (Å²) in [6.07, 6.45) is 2.63. The lowest BCUT2D eigenvalue weighted by Gasteiger charge is -2.32. The van der Waals surface area contributed by atoms with Gasteiger partial charge in [0.05, 0.1) is 17.2 Å². The highest BCUT2D eigenvalue weighted by Gasteiger charge is 2.33. The van der Waals surface area contributed by atoms with E-state index in [0.29, 0.717) is 23.1 Å². The van der Waals surface area contributed by atoms with Crippen molar-refractivity contribution in [2.75, 3.05) is 23.7 Å². The molecule has 0 spiro atoms. The molecule has 3 rings (SSSR count). The normalized spacial score (nSPS) is 12.7. The Morgan fingerprint density at radius 3 is 2.12 bits per heavy atom. The van der Waals surface area contributed by atoms with Gasteiger partial charge in [-0.3, -0.25) is 13.9 Å². The number of benzene rings is 3. The zero-order valence-corrected chi connectivity index (χ0v) is 26.9. The van der Waals surface area contributed by atoms with Gasteiger partial charge in [0.15, 0.2) is 0 Å². The van der Waals surface area contributed by atoms with Crippen LogP contribution in [0, 0.1) is 0 Å². The number of halogens is 1. The maximum atomic E-state index is 14.0. The van der Waals surface area contributed by atoms with Crippen molar-refractivity contribution in [3.8, 4) is 5.75 Å². The predicted octanol–water partition coefficient (Wildman–Crippen LogP) is 5.99. The van der Waals surface area contributed by atoms with E-state index in [9.17, 15) is 18.0 Å². The van der Waals surface area contributed by atoms with Crippen LogP contribution in [0.3, 0.4) is 0 Å². The highest BCUT2D eigenvalue weighted by atomic mass is 35.5. The molecule has 3 aromatic rings. The molecule has 0 saturated carbocycles. The summed E-state index contributed by atoms with van der Waals surface area (Å²) in [4.78, 5) is 29.6. The van der Waals surface area contributed by atoms with E-state index in [1.807, 2.05) is 27.0 Å². The van der Waals surface area contributed by atoms with Gasteiger partial charge in [-0.15, -0.1) is 11.8 Å². The van der Waals surface area contributed by atoms with Crippen LogP contribution in [-0.4, -0.2) is 56.6 Å². The van der Waals surface area contributed by atoms with Crippen LogP contribution in [0.4, 0.5) is 5.69 Å². The van der Waals surface area contributed by atoms with Crippen molar-refractivity contribution in [2.45, 2.75) is 62.5 Å². The molecule has 0 saturated heterocycles. The lowest BCUT2D eigenvalue weighted by molar-refractivity contribution is -0.139. The van der Waals surface area contributed by atoms with Crippen molar-refractivity contribution < 1.29 is 22.7 Å². The number of ether oxygens (including phenoxy) is 1. The van der Waals surface area contributed by atoms with E-state index >= 15 is 0 Å². The van der Waals surface area contributed by atoms with E-state index in [-0.39, 0.29) is 23.4 Å². The largest absolute Gasteiger partial charge is 0.494 e. The van der Waals surface area contributed by atoms with Crippen LogP contribution in [0.5, 0.6) is 5.75 Å². The fourth-order valence-electron chi connectivity index (χ4n) is 4.11. The van der Waals surface area contributed by atoms with Gasteiger partial charge in [0.1, 0.15) is 18.3 Å². The topological polar surface area (TPSA) is 96.0 Å². The van der Waals surface area contributed by atoms with Crippen LogP contribution in [0.15, 0.2) is 82.6 Å². The summed E-state index contributed by atoms with van der Waals surface area (Å²) < 4.78 is 34.6. The molecular weight excluding hydrogens is 594 g/mol. The predicted molar refractivity (Wildman–Crippen MR) is 170 cm³/mol. The number of anilines is 1. The van der Waals surface area contributed by atoms with Crippen molar-refractivity contribution in [1.82, 2.24) is 10.2 Å². The van der Waals surface area contributed by atoms with Crippen LogP contribution < -0.4 is 14.4 Å². The number of nitrogens with zero attached hydrogens (tertiary/aromatic N) is 2. The van der Waals surface area contributed by atoms with Crippen LogP contribution in [0.25, 0.3) is 0 Å². The number of carbonyl (C=O) groups excluding carboxylic acids is 2. The lowest BCUT2D eigenvalue weighted by atomic mass is 10.1. The quantitative estimate of drug-likeness (QED) is 0.220. The Kier molecular flexibility index (Phi) is 12.1. The molecule has 0 aromatic heterocycles. The number of amides is 2. The van der Waals surface area contributed by atoms with Crippen molar-refractivity contribution in [2.24, 2.45) is 0 Å². The Hall–Kier alpha value is -3.21. The van der Waals surface area contributed by atoms with Gasteiger partial charge in [0.2, 0.25) is 11.8 Å². The monoisotopic (exact) mass is 631 g/mol. The summed E-state index contributed by atoms with van der Waals surface area (Å²) >= 11 is 7.56. The molecule has 3 aromatic carbocycles. The number of sulfonamides is 1. The zero-order chi connectivity index (χ0) is 30.9. The van der Waals surface area contributed by atoms with E-state index in [1.165, 1.54) is 28.8 Å². The summed E-state index contributed by atoms with van der Waals surface area (Å²) in [6, 6.07) is 19.1. The van der Waals surface area contributed by atoms with Gasteiger partial charge in [-0.2, -0.15) is 0 Å². The van der Waals surface area contributed by atoms with Crippen molar-refractivity contribution >= 4 is 50.9 Å². The summed E-state index contributed by atoms with van der Waals surface area (Å²) in [5.41, 5.74) is 1.04. The highest BCUT2D eigenvalue weighted by molar-refractivity contribution is 7.98. The van der Waals surface area contributed by atoms with E-state index in [0.717, 1.165) is 21.2 Å². The van der Waals surface area contributed by atoms with Gasteiger partial charge in [0.25, 0.3) is 10.0 Å². The molecule has 0 heterocycles. The fourth-order valence-corrected chi connectivity index (χ4v) is 6.06. The molecule has 0 aliphatic carbocycles. The smallest absolute Gasteiger partial charge is 0.264 e. The molecule has 0 radical (unpaired) electrons. The van der Waals surface area contributed by atoms with Gasteiger partial charge in [-0.25, -0.2) is 8.42 Å². The van der Waals surface area contributed by atoms with Gasteiger partial charge < -0.3 is 15.0 Å². The molecule has 0 bridgehead atoms. The number of thioether (sulfide) groups is 1. The van der Waals surface area contributed by atoms with Crippen LogP contribution in [0.2, 0.25) is 5.02 Å². The average Bonchev–Trinajstić information content (AvgIpc) is 2.99. The highest BCUT2D eigenvalue weighted by Crippen LogP contribution is 2.28. The molecule has 2 atom stereocenters. The molecule has 0 fully saturated rings. The molecule has 0 aliphatic heterocycles. The first-order chi connectivity index (χ1) is 20.0. The summed E-state index contributed by atoms with van der Waals surface area (Å²) in [7, 11) is -4.16. The zero-order valence-electron chi connectivity index (χ0n) is 24.5. The molecule has 42 heavy (non-hydrogen) atoms. The van der Waals surface area contributed by atoms with E-state index < -0.39 is 28.5 Å². The first-order valence-electron chi connectivity index (χ1n) is 13.7. The maximum absolute atomic E-state index is 14.0. The number of hydrogen-bond acceptors (Lipinski definition) is 6. The molecule has 0 unspecified atom stereocenters. The Morgan fingerprint density at radius 2 is 1.57 bits per heavy atom. The average molecular weight is 632 g/mol. The van der Waals surface area contributed by atoms with Gasteiger partial charge in [-0.05, 0) is 99.7 Å². The Labute approximate surface area is 258 Å². The van der Waals surface area contributed by atoms with Crippen LogP contribution >= 0.6 is 23.4 Å². The molecular formula is C31H38ClN3O5S2. The number of hydrogen-bond donors (Lipinski definition) is 1. The minimum Gasteiger partial charge on any atom is -0.494 e. The van der Waals surface area contributed by atoms with Gasteiger partial charge in [0, 0.05) is 22.5 Å². The Bertz CT molecular complexity index is 1430. The maximum Gasteiger partial charge on any atom is 0.264 e. The van der Waals surface area contributed by atoms with Crippen molar-refractivity contribution in [1.29, 1.82) is 0 Å². The standard InChI is InChI=1S/C31H38ClN3O5S2/c1-6-22(3)33-31(37)23(4)34(20-24-8-10-25(32)11-9-24)30(36)21-35(26-12-14-27(15-13-26)40-7-2)42(38,39)29-18-16-28(41-5)17-19-29/h8-19,22-23H,6-7,20-21H2,1-5H3,(H,33,37)/t22-,23-/m0/s1. The first kappa shape index (κ1) is 33.3. The molecule has 226 valence electrons. The van der Waals surface area contributed by atoms with E-state index in [2.05, 4.69) is 5.32 Å². The number of nitrogens with one attached hydrogen (secondary N) is 1. The van der Waals surface area contributed by atoms with Crippen LogP contribution in [0.1, 0.15) is 39.7 Å². The number of rotatable bonds is 14. The Morgan fingerprint density at radius 1 is 0.952 bits per heavy atom. The molecule has 0 aliphatic rings. The number of carbonyl (C=O) groups is 2. The summed E-state index contributed by atoms with van der Waals surface area (Å²) in [6.45, 7) is 7.37. The molecule has 1 N–H and O–H groups in total. The van der Waals surface area contributed by atoms with Crippen molar-refractivity contribution in [3.05, 3.63) is 83.4 Å². The SMILES string of the molecule is CCOc1ccc(N(CC(=O)N(Cc2ccc(Cl)cc2)[C@@H](C)C(=O)N[C@@H](C)CC)S(=O)(=O)c2ccc(SC)cc2)cc1. The van der Waals surface area contributed by atoms with E-state index in [4.69, 9.17) is 16.3 Å². The second kappa shape index (κ2) is 15.3. The summed E-state index contributed by atoms with van der Waals surface area (Å²) in [5, 5.41) is 3.47. The van der Waals surface area contributed by atoms with Crippen molar-refractivity contribution in [3.63, 3.8) is 0 Å². The summed E-state index contributed by atoms with van der Waals surface area (Å²) in [5.74, 6) is -0.279. The van der Waals surface area contributed by atoms with Crippen LogP contribution in [-0.2, 0) is 26.2 Å². The fraction of sp³-hybridized carbons (Fsp3) is 0.355. The lowest BCUT2D eigenvalue weighted by Crippen LogP contribution is -2.52. The first-order valence-corrected chi connectivity index (χ1v) is 16.8. The second-order valence-electron chi connectivity index (χ2n) is 9.76. The third kappa shape index (κ3) is 8.65. The third-order valence-electron chi connectivity index (χ3n) is 6.80. The third-order valence-corrected chi connectivity index (χ3v) is 9.58. The minimum atomic E-state index is -4.16. The Balaban J connectivity index is 2.03. The van der Waals surface area contributed by atoms with Gasteiger partial charge in [-0.1, -0.05) is 30.7 Å². The molecule has 8 nitrogen and oxygen atoms in total. The molecule has 11 heteroatoms. The minimum absolute atomic E-state index is 0.0498. The van der Waals surface area contributed by atoms with Gasteiger partial charge >= 0.3 is 0 Å². The van der Waals surface area contributed by atoms with E-state index in [1.54, 1.807) is 67.6 Å². The second-order valence-corrected chi connectivity index (χ2v) is 12.9.